The van der Waals surface area contributed by atoms with E-state index in [1.807, 2.05) is 6.92 Å². The fourth-order valence-corrected chi connectivity index (χ4v) is 5.78. The predicted octanol–water partition coefficient (Wildman–Crippen LogP) is 3.93. The molecule has 282 valence electrons. The van der Waals surface area contributed by atoms with Crippen molar-refractivity contribution in [2.75, 3.05) is 13.2 Å². The Hall–Kier alpha value is -1.41. The Morgan fingerprint density at radius 3 is 1.83 bits per heavy atom. The third-order valence-corrected chi connectivity index (χ3v) is 9.03. The largest absolute Gasteiger partial charge is 0.394 e. The Kier molecular flexibility index (Phi) is 26.3. The normalized spacial score (nSPS) is 24.2. The van der Waals surface area contributed by atoms with Crippen molar-refractivity contribution in [2.45, 2.75) is 191 Å². The highest BCUT2D eigenvalue weighted by Gasteiger charge is 2.44. The summed E-state index contributed by atoms with van der Waals surface area (Å²) in [5.74, 6) is -0.713. The van der Waals surface area contributed by atoms with Crippen molar-refractivity contribution >= 4 is 5.91 Å². The van der Waals surface area contributed by atoms with Gasteiger partial charge in [-0.3, -0.25) is 4.79 Å². The molecule has 9 atom stereocenters. The van der Waals surface area contributed by atoms with Crippen LogP contribution in [0.1, 0.15) is 136 Å². The number of hydrogen-bond donors (Lipinski definition) is 8. The molecule has 1 aliphatic heterocycles. The van der Waals surface area contributed by atoms with E-state index in [9.17, 15) is 40.5 Å². The molecule has 11 nitrogen and oxygen atoms in total. The van der Waals surface area contributed by atoms with Crippen molar-refractivity contribution in [3.05, 3.63) is 24.3 Å². The molecule has 0 saturated carbocycles. The first kappa shape index (κ1) is 44.6. The van der Waals surface area contributed by atoms with Crippen LogP contribution < -0.4 is 5.32 Å². The molecule has 1 saturated heterocycles. The van der Waals surface area contributed by atoms with Crippen LogP contribution in [0.3, 0.4) is 0 Å². The maximum absolute atomic E-state index is 12.9. The van der Waals surface area contributed by atoms with Crippen LogP contribution >= 0.6 is 0 Å². The molecule has 0 bridgehead atoms. The Morgan fingerprint density at radius 1 is 0.729 bits per heavy atom. The number of unbranched alkanes of at least 4 members (excludes halogenated alkanes) is 14. The molecule has 1 heterocycles. The first-order valence-corrected chi connectivity index (χ1v) is 18.8. The quantitative estimate of drug-likeness (QED) is 0.0423. The van der Waals surface area contributed by atoms with Gasteiger partial charge in [-0.2, -0.15) is 0 Å². The summed E-state index contributed by atoms with van der Waals surface area (Å²) in [6, 6.07) is -1.16. The number of rotatable bonds is 29. The number of allylic oxidation sites excluding steroid dienone is 4. The summed E-state index contributed by atoms with van der Waals surface area (Å²) >= 11 is 0. The van der Waals surface area contributed by atoms with E-state index in [0.717, 1.165) is 38.5 Å². The summed E-state index contributed by atoms with van der Waals surface area (Å²) in [6.45, 7) is 3.17. The molecule has 1 amide bonds. The second-order valence-electron chi connectivity index (χ2n) is 13.3. The van der Waals surface area contributed by atoms with Gasteiger partial charge in [0.25, 0.3) is 0 Å². The van der Waals surface area contributed by atoms with E-state index >= 15 is 0 Å². The second-order valence-corrected chi connectivity index (χ2v) is 13.3. The van der Waals surface area contributed by atoms with Gasteiger partial charge in [0, 0.05) is 0 Å². The topological polar surface area (TPSA) is 189 Å². The second kappa shape index (κ2) is 28.3. The minimum Gasteiger partial charge on any atom is -0.394 e. The third kappa shape index (κ3) is 19.1. The van der Waals surface area contributed by atoms with Crippen LogP contribution in [0.2, 0.25) is 0 Å². The van der Waals surface area contributed by atoms with Gasteiger partial charge in [0.15, 0.2) is 6.29 Å². The molecular formula is C37H69NO10. The number of ether oxygens (including phenoxy) is 2. The first-order valence-electron chi connectivity index (χ1n) is 18.8. The van der Waals surface area contributed by atoms with Gasteiger partial charge in [-0.1, -0.05) is 122 Å². The zero-order valence-corrected chi connectivity index (χ0v) is 29.7. The highest BCUT2D eigenvalue weighted by atomic mass is 16.7. The van der Waals surface area contributed by atoms with Gasteiger partial charge in [0.1, 0.15) is 36.6 Å². The SMILES string of the molecule is CCCCC/C=C\C=C/CCCCCCCCCCCC(O)C(=O)NC(COC1OC(CO)C(O)C(O)C1O)C(O)C(O)CCCCC. The molecule has 1 fully saturated rings. The van der Waals surface area contributed by atoms with Gasteiger partial charge >= 0.3 is 0 Å². The Balaban J connectivity index is 2.38. The van der Waals surface area contributed by atoms with Crippen molar-refractivity contribution in [1.29, 1.82) is 0 Å². The predicted molar refractivity (Wildman–Crippen MR) is 187 cm³/mol. The number of amides is 1. The van der Waals surface area contributed by atoms with E-state index < -0.39 is 74.2 Å². The number of carbonyl (C=O) groups excluding carboxylic acids is 1. The van der Waals surface area contributed by atoms with Crippen LogP contribution in [-0.2, 0) is 14.3 Å². The molecule has 0 aromatic heterocycles. The Morgan fingerprint density at radius 2 is 1.25 bits per heavy atom. The lowest BCUT2D eigenvalue weighted by Gasteiger charge is -2.40. The Labute approximate surface area is 289 Å². The Bertz CT molecular complexity index is 841. The molecule has 0 aromatic carbocycles. The van der Waals surface area contributed by atoms with Crippen LogP contribution in [0, 0.1) is 0 Å². The van der Waals surface area contributed by atoms with Gasteiger partial charge in [-0.05, 0) is 38.5 Å². The maximum atomic E-state index is 12.9. The lowest BCUT2D eigenvalue weighted by molar-refractivity contribution is -0.303. The lowest BCUT2D eigenvalue weighted by atomic mass is 9.98. The monoisotopic (exact) mass is 687 g/mol. The summed E-state index contributed by atoms with van der Waals surface area (Å²) in [5.41, 5.74) is 0. The number of carbonyl (C=O) groups is 1. The van der Waals surface area contributed by atoms with E-state index in [1.54, 1.807) is 0 Å². The van der Waals surface area contributed by atoms with Gasteiger partial charge < -0.3 is 50.5 Å². The van der Waals surface area contributed by atoms with Gasteiger partial charge in [-0.15, -0.1) is 0 Å². The molecule has 8 N–H and O–H groups in total. The molecule has 9 unspecified atom stereocenters. The number of aliphatic hydroxyl groups excluding tert-OH is 7. The maximum Gasteiger partial charge on any atom is 0.249 e. The van der Waals surface area contributed by atoms with Crippen molar-refractivity contribution in [1.82, 2.24) is 5.32 Å². The van der Waals surface area contributed by atoms with Crippen LogP contribution in [0.5, 0.6) is 0 Å². The van der Waals surface area contributed by atoms with Crippen LogP contribution in [0.15, 0.2) is 24.3 Å². The van der Waals surface area contributed by atoms with Crippen LogP contribution in [0.25, 0.3) is 0 Å². The highest BCUT2D eigenvalue weighted by molar-refractivity contribution is 5.80. The summed E-state index contributed by atoms with van der Waals surface area (Å²) in [4.78, 5) is 12.9. The van der Waals surface area contributed by atoms with Crippen LogP contribution in [-0.4, -0.2) is 110 Å². The lowest BCUT2D eigenvalue weighted by Crippen LogP contribution is -2.60. The fraction of sp³-hybridized carbons (Fsp3) is 0.865. The fourth-order valence-electron chi connectivity index (χ4n) is 5.78. The average molecular weight is 688 g/mol. The molecule has 0 aliphatic carbocycles. The van der Waals surface area contributed by atoms with Crippen molar-refractivity contribution in [3.63, 3.8) is 0 Å². The van der Waals surface area contributed by atoms with Gasteiger partial charge in [0.05, 0.1) is 25.4 Å². The number of hydrogen-bond acceptors (Lipinski definition) is 10. The molecule has 0 aromatic rings. The molecule has 1 rings (SSSR count). The molecular weight excluding hydrogens is 618 g/mol. The van der Waals surface area contributed by atoms with E-state index in [4.69, 9.17) is 9.47 Å². The standard InChI is InChI=1S/C37H69NO10/c1-3-5-7-8-9-10-11-12-13-14-15-16-17-18-19-20-21-23-25-30(41)36(46)38-28(32(42)29(40)24-22-6-4-2)27-47-37-35(45)34(44)33(43)31(26-39)48-37/h9-12,28-35,37,39-45H,3-8,13-27H2,1-2H3,(H,38,46)/b10-9-,12-11-. The number of aliphatic hydroxyl groups is 7. The summed E-state index contributed by atoms with van der Waals surface area (Å²) in [6.07, 6.45) is 16.3. The smallest absolute Gasteiger partial charge is 0.249 e. The zero-order valence-electron chi connectivity index (χ0n) is 29.7. The minimum atomic E-state index is -1.66. The van der Waals surface area contributed by atoms with Crippen LogP contribution in [0.4, 0.5) is 0 Å². The van der Waals surface area contributed by atoms with E-state index in [-0.39, 0.29) is 6.42 Å². The minimum absolute atomic E-state index is 0.253. The molecule has 48 heavy (non-hydrogen) atoms. The van der Waals surface area contributed by atoms with E-state index in [0.29, 0.717) is 19.3 Å². The summed E-state index contributed by atoms with van der Waals surface area (Å²) in [7, 11) is 0. The van der Waals surface area contributed by atoms with Crippen molar-refractivity contribution < 1.29 is 50.0 Å². The molecule has 0 spiro atoms. The average Bonchev–Trinajstić information content (AvgIpc) is 3.08. The molecule has 0 radical (unpaired) electrons. The zero-order chi connectivity index (χ0) is 35.6. The first-order chi connectivity index (χ1) is 23.2. The number of nitrogens with one attached hydrogen (secondary N) is 1. The summed E-state index contributed by atoms with van der Waals surface area (Å²) < 4.78 is 10.9. The highest BCUT2D eigenvalue weighted by Crippen LogP contribution is 2.23. The summed E-state index contributed by atoms with van der Waals surface area (Å²) in [5, 5.41) is 74.3. The van der Waals surface area contributed by atoms with Gasteiger partial charge in [-0.25, -0.2) is 0 Å². The molecule has 11 heteroatoms. The van der Waals surface area contributed by atoms with Crippen molar-refractivity contribution in [2.24, 2.45) is 0 Å². The third-order valence-electron chi connectivity index (χ3n) is 9.03. The van der Waals surface area contributed by atoms with Crippen molar-refractivity contribution in [3.8, 4) is 0 Å². The van der Waals surface area contributed by atoms with E-state index in [1.165, 1.54) is 57.8 Å². The van der Waals surface area contributed by atoms with E-state index in [2.05, 4.69) is 36.5 Å². The van der Waals surface area contributed by atoms with Gasteiger partial charge in [0.2, 0.25) is 5.91 Å². The molecule has 1 aliphatic rings.